The highest BCUT2D eigenvalue weighted by atomic mass is 32.2. The first-order chi connectivity index (χ1) is 8.29. The van der Waals surface area contributed by atoms with E-state index in [1.54, 1.807) is 12.4 Å². The Morgan fingerprint density at radius 1 is 1.41 bits per heavy atom. The van der Waals surface area contributed by atoms with E-state index in [0.29, 0.717) is 11.3 Å². The maximum atomic E-state index is 4.37. The second-order valence-electron chi connectivity index (χ2n) is 4.78. The zero-order chi connectivity index (χ0) is 12.1. The van der Waals surface area contributed by atoms with Gasteiger partial charge in [-0.1, -0.05) is 25.6 Å². The van der Waals surface area contributed by atoms with Gasteiger partial charge in [-0.15, -0.1) is 0 Å². The van der Waals surface area contributed by atoms with E-state index in [-0.39, 0.29) is 0 Å². The van der Waals surface area contributed by atoms with Gasteiger partial charge >= 0.3 is 0 Å². The van der Waals surface area contributed by atoms with Crippen LogP contribution in [0.2, 0.25) is 0 Å². The van der Waals surface area contributed by atoms with Gasteiger partial charge in [0.05, 0.1) is 6.20 Å². The molecule has 0 aliphatic heterocycles. The predicted octanol–water partition coefficient (Wildman–Crippen LogP) is 2.74. The van der Waals surface area contributed by atoms with Gasteiger partial charge in [0.25, 0.3) is 0 Å². The lowest BCUT2D eigenvalue weighted by Crippen LogP contribution is -2.42. The first-order valence-corrected chi connectivity index (χ1v) is 7.33. The summed E-state index contributed by atoms with van der Waals surface area (Å²) in [6, 6.07) is 0.628. The molecule has 1 aliphatic rings. The summed E-state index contributed by atoms with van der Waals surface area (Å²) in [6.45, 7) is 5.59. The molecule has 3 unspecified atom stereocenters. The maximum absolute atomic E-state index is 4.37. The molecule has 4 heteroatoms. The van der Waals surface area contributed by atoms with Gasteiger partial charge in [-0.3, -0.25) is 4.98 Å². The molecule has 17 heavy (non-hydrogen) atoms. The van der Waals surface area contributed by atoms with Crippen LogP contribution in [0.25, 0.3) is 0 Å². The van der Waals surface area contributed by atoms with Gasteiger partial charge in [0, 0.05) is 23.7 Å². The van der Waals surface area contributed by atoms with Gasteiger partial charge in [0.2, 0.25) is 0 Å². The van der Waals surface area contributed by atoms with Crippen LogP contribution in [0.5, 0.6) is 0 Å². The van der Waals surface area contributed by atoms with Crippen LogP contribution in [0.3, 0.4) is 0 Å². The molecule has 2 rings (SSSR count). The van der Waals surface area contributed by atoms with Gasteiger partial charge in [-0.25, -0.2) is 4.98 Å². The minimum Gasteiger partial charge on any atom is -0.313 e. The summed E-state index contributed by atoms with van der Waals surface area (Å²) < 4.78 is 0. The van der Waals surface area contributed by atoms with Crippen molar-refractivity contribution in [2.75, 3.05) is 6.54 Å². The Morgan fingerprint density at radius 3 is 3.00 bits per heavy atom. The van der Waals surface area contributed by atoms with Crippen LogP contribution >= 0.6 is 11.8 Å². The highest BCUT2D eigenvalue weighted by molar-refractivity contribution is 7.99. The number of nitrogens with one attached hydrogen (secondary N) is 1. The second kappa shape index (κ2) is 6.36. The summed E-state index contributed by atoms with van der Waals surface area (Å²) in [7, 11) is 0. The molecule has 1 aromatic heterocycles. The van der Waals surface area contributed by atoms with Gasteiger partial charge in [0.15, 0.2) is 0 Å². The summed E-state index contributed by atoms with van der Waals surface area (Å²) in [4.78, 5) is 8.50. The molecule has 0 spiro atoms. The molecule has 1 saturated carbocycles. The lowest BCUT2D eigenvalue weighted by molar-refractivity contribution is 0.320. The summed E-state index contributed by atoms with van der Waals surface area (Å²) in [5.74, 6) is 0.832. The smallest absolute Gasteiger partial charge is 0.115 e. The van der Waals surface area contributed by atoms with Crippen molar-refractivity contribution in [3.05, 3.63) is 18.6 Å². The Kier molecular flexibility index (Phi) is 4.80. The van der Waals surface area contributed by atoms with Crippen molar-refractivity contribution in [2.24, 2.45) is 5.92 Å². The third-order valence-electron chi connectivity index (χ3n) is 3.33. The fraction of sp³-hybridized carbons (Fsp3) is 0.692. The maximum Gasteiger partial charge on any atom is 0.115 e. The first kappa shape index (κ1) is 12.8. The number of rotatable bonds is 4. The number of thioether (sulfide) groups is 1. The fourth-order valence-electron chi connectivity index (χ4n) is 2.46. The minimum atomic E-state index is 0.628. The lowest BCUT2D eigenvalue weighted by Gasteiger charge is -2.34. The van der Waals surface area contributed by atoms with Crippen molar-refractivity contribution in [1.29, 1.82) is 0 Å². The Bertz CT molecular complexity index is 331. The summed E-state index contributed by atoms with van der Waals surface area (Å²) in [6.07, 6.45) is 9.28. The van der Waals surface area contributed by atoms with E-state index < -0.39 is 0 Å². The Balaban J connectivity index is 1.99. The van der Waals surface area contributed by atoms with Gasteiger partial charge < -0.3 is 5.32 Å². The molecule has 0 radical (unpaired) electrons. The normalized spacial score (nSPS) is 29.2. The van der Waals surface area contributed by atoms with Crippen LogP contribution in [0, 0.1) is 5.92 Å². The molecule has 0 amide bonds. The molecule has 1 fully saturated rings. The average molecular weight is 251 g/mol. The number of hydrogen-bond acceptors (Lipinski definition) is 4. The fourth-order valence-corrected chi connectivity index (χ4v) is 3.83. The number of nitrogens with zero attached hydrogens (tertiary/aromatic N) is 2. The molecule has 1 aromatic rings. The molecule has 1 N–H and O–H groups in total. The van der Waals surface area contributed by atoms with Crippen molar-refractivity contribution in [1.82, 2.24) is 15.3 Å². The van der Waals surface area contributed by atoms with E-state index >= 15 is 0 Å². The van der Waals surface area contributed by atoms with Crippen LogP contribution in [0.1, 0.15) is 33.1 Å². The van der Waals surface area contributed by atoms with E-state index in [0.717, 1.165) is 17.5 Å². The molecule has 0 aromatic carbocycles. The van der Waals surface area contributed by atoms with E-state index in [2.05, 4.69) is 29.1 Å². The van der Waals surface area contributed by atoms with Gasteiger partial charge in [-0.2, -0.15) is 0 Å². The van der Waals surface area contributed by atoms with E-state index in [1.807, 2.05) is 18.0 Å². The molecule has 3 nitrogen and oxygen atoms in total. The zero-order valence-electron chi connectivity index (χ0n) is 10.6. The summed E-state index contributed by atoms with van der Waals surface area (Å²) >= 11 is 1.88. The largest absolute Gasteiger partial charge is 0.313 e. The van der Waals surface area contributed by atoms with Crippen molar-refractivity contribution in [3.63, 3.8) is 0 Å². The summed E-state index contributed by atoms with van der Waals surface area (Å²) in [5, 5.41) is 5.29. The predicted molar refractivity (Wildman–Crippen MR) is 72.2 cm³/mol. The van der Waals surface area contributed by atoms with Crippen LogP contribution in [-0.2, 0) is 0 Å². The highest BCUT2D eigenvalue weighted by Gasteiger charge is 2.29. The van der Waals surface area contributed by atoms with Crippen LogP contribution in [0.4, 0.5) is 0 Å². The van der Waals surface area contributed by atoms with E-state index in [9.17, 15) is 0 Å². The highest BCUT2D eigenvalue weighted by Crippen LogP contribution is 2.35. The molecule has 94 valence electrons. The van der Waals surface area contributed by atoms with Crippen LogP contribution < -0.4 is 5.32 Å². The first-order valence-electron chi connectivity index (χ1n) is 6.45. The van der Waals surface area contributed by atoms with Crippen molar-refractivity contribution >= 4 is 11.8 Å². The van der Waals surface area contributed by atoms with Gasteiger partial charge in [0.1, 0.15) is 5.03 Å². The molecule has 3 atom stereocenters. The van der Waals surface area contributed by atoms with Gasteiger partial charge in [-0.05, 0) is 31.7 Å². The molecular formula is C13H21N3S. The summed E-state index contributed by atoms with van der Waals surface area (Å²) in [5.41, 5.74) is 0. The minimum absolute atomic E-state index is 0.628. The molecule has 1 heterocycles. The zero-order valence-corrected chi connectivity index (χ0v) is 11.4. The Morgan fingerprint density at radius 2 is 2.29 bits per heavy atom. The molecule has 0 bridgehead atoms. The topological polar surface area (TPSA) is 37.8 Å². The second-order valence-corrected chi connectivity index (χ2v) is 6.04. The average Bonchev–Trinajstić information content (AvgIpc) is 2.34. The standard InChI is InChI=1S/C13H21N3S/c1-3-15-11-5-4-10(2)8-12(11)17-13-9-14-6-7-16-13/h6-7,9-12,15H,3-5,8H2,1-2H3. The van der Waals surface area contributed by atoms with E-state index in [1.165, 1.54) is 19.3 Å². The third kappa shape index (κ3) is 3.68. The lowest BCUT2D eigenvalue weighted by atomic mass is 9.87. The quantitative estimate of drug-likeness (QED) is 0.893. The third-order valence-corrected chi connectivity index (χ3v) is 4.61. The molecule has 1 aliphatic carbocycles. The van der Waals surface area contributed by atoms with Crippen LogP contribution in [0.15, 0.2) is 23.6 Å². The van der Waals surface area contributed by atoms with Crippen LogP contribution in [-0.4, -0.2) is 27.8 Å². The van der Waals surface area contributed by atoms with E-state index in [4.69, 9.17) is 0 Å². The number of hydrogen-bond donors (Lipinski definition) is 1. The Hall–Kier alpha value is -0.610. The molecular weight excluding hydrogens is 230 g/mol. The monoisotopic (exact) mass is 251 g/mol. The number of aromatic nitrogens is 2. The Labute approximate surface area is 108 Å². The van der Waals surface area contributed by atoms with Crippen molar-refractivity contribution in [2.45, 2.75) is 49.4 Å². The molecule has 0 saturated heterocycles. The SMILES string of the molecule is CCNC1CCC(C)CC1Sc1cnccn1. The van der Waals surface area contributed by atoms with Crippen molar-refractivity contribution < 1.29 is 0 Å². The van der Waals surface area contributed by atoms with Crippen molar-refractivity contribution in [3.8, 4) is 0 Å².